The van der Waals surface area contributed by atoms with Crippen molar-refractivity contribution in [2.75, 3.05) is 45.0 Å². The van der Waals surface area contributed by atoms with E-state index in [-0.39, 0.29) is 30.3 Å². The number of fused-ring (bicyclic) bond motifs is 1. The van der Waals surface area contributed by atoms with Gasteiger partial charge in [0.2, 0.25) is 18.6 Å². The van der Waals surface area contributed by atoms with E-state index in [0.29, 0.717) is 50.1 Å². The van der Waals surface area contributed by atoms with Gasteiger partial charge in [-0.2, -0.15) is 4.98 Å². The highest BCUT2D eigenvalue weighted by atomic mass is 35.5. The number of aromatic nitrogens is 4. The SMILES string of the molecule is COC(=O)N1CCN(c2cc(Cl)nc(-n3ccnc3)n2)C(CC(=O)NCCc2ccc3c(c2)OCO3)C1. The van der Waals surface area contributed by atoms with E-state index >= 15 is 0 Å². The highest BCUT2D eigenvalue weighted by Crippen LogP contribution is 2.32. The smallest absolute Gasteiger partial charge is 0.409 e. The van der Waals surface area contributed by atoms with Gasteiger partial charge in [0.25, 0.3) is 0 Å². The van der Waals surface area contributed by atoms with Crippen molar-refractivity contribution in [2.45, 2.75) is 18.9 Å². The zero-order chi connectivity index (χ0) is 25.8. The first kappa shape index (κ1) is 24.6. The van der Waals surface area contributed by atoms with Crippen LogP contribution in [-0.2, 0) is 16.0 Å². The van der Waals surface area contributed by atoms with E-state index in [2.05, 4.69) is 20.3 Å². The fraction of sp³-hybridized carbons (Fsp3) is 0.375. The number of imidazole rings is 1. The van der Waals surface area contributed by atoms with Gasteiger partial charge in [0.05, 0.1) is 13.2 Å². The molecule has 13 heteroatoms. The van der Waals surface area contributed by atoms with Crippen LogP contribution in [0.4, 0.5) is 10.6 Å². The molecule has 0 bridgehead atoms. The first-order chi connectivity index (χ1) is 18.0. The average molecular weight is 528 g/mol. The number of hydrogen-bond acceptors (Lipinski definition) is 9. The normalized spacial score (nSPS) is 16.5. The van der Waals surface area contributed by atoms with E-state index in [9.17, 15) is 9.59 Å². The third kappa shape index (κ3) is 5.69. The van der Waals surface area contributed by atoms with Gasteiger partial charge in [-0.3, -0.25) is 9.36 Å². The molecule has 194 valence electrons. The monoisotopic (exact) mass is 527 g/mol. The van der Waals surface area contributed by atoms with Gasteiger partial charge >= 0.3 is 6.09 Å². The number of carbonyl (C=O) groups is 2. The lowest BCUT2D eigenvalue weighted by atomic mass is 10.1. The molecule has 37 heavy (non-hydrogen) atoms. The summed E-state index contributed by atoms with van der Waals surface area (Å²) in [6.07, 6.45) is 5.27. The first-order valence-corrected chi connectivity index (χ1v) is 12.2. The van der Waals surface area contributed by atoms with E-state index in [1.807, 2.05) is 23.1 Å². The molecule has 2 aliphatic heterocycles. The summed E-state index contributed by atoms with van der Waals surface area (Å²) in [5.74, 6) is 2.22. The van der Waals surface area contributed by atoms with Crippen molar-refractivity contribution >= 4 is 29.4 Å². The van der Waals surface area contributed by atoms with E-state index in [1.165, 1.54) is 7.11 Å². The highest BCUT2D eigenvalue weighted by Gasteiger charge is 2.33. The van der Waals surface area contributed by atoms with Crippen LogP contribution in [0.2, 0.25) is 5.15 Å². The third-order valence-electron chi connectivity index (χ3n) is 6.21. The summed E-state index contributed by atoms with van der Waals surface area (Å²) in [6, 6.07) is 7.04. The van der Waals surface area contributed by atoms with E-state index in [0.717, 1.165) is 11.3 Å². The van der Waals surface area contributed by atoms with E-state index in [4.69, 9.17) is 25.8 Å². The lowest BCUT2D eigenvalue weighted by Crippen LogP contribution is -2.56. The van der Waals surface area contributed by atoms with Gasteiger partial charge in [-0.25, -0.2) is 14.8 Å². The molecule has 4 heterocycles. The molecule has 0 saturated carbocycles. The molecular formula is C24H26ClN7O5. The maximum atomic E-state index is 12.9. The molecule has 2 aromatic heterocycles. The van der Waals surface area contributed by atoms with E-state index in [1.54, 1.807) is 34.3 Å². The number of amides is 2. The molecule has 12 nitrogen and oxygen atoms in total. The Morgan fingerprint density at radius 3 is 2.86 bits per heavy atom. The number of anilines is 1. The van der Waals surface area contributed by atoms with Crippen molar-refractivity contribution in [3.8, 4) is 17.4 Å². The Labute approximate surface area is 218 Å². The van der Waals surface area contributed by atoms with Crippen LogP contribution >= 0.6 is 11.6 Å². The van der Waals surface area contributed by atoms with Gasteiger partial charge < -0.3 is 29.3 Å². The number of piperazine rings is 1. The van der Waals surface area contributed by atoms with Crippen molar-refractivity contribution in [3.63, 3.8) is 0 Å². The van der Waals surface area contributed by atoms with Crippen LogP contribution in [-0.4, -0.2) is 82.5 Å². The molecule has 3 aromatic rings. The largest absolute Gasteiger partial charge is 0.454 e. The molecular weight excluding hydrogens is 502 g/mol. The van der Waals surface area contributed by atoms with Crippen molar-refractivity contribution in [1.82, 2.24) is 29.7 Å². The minimum atomic E-state index is -0.437. The van der Waals surface area contributed by atoms with Crippen LogP contribution in [0.1, 0.15) is 12.0 Å². The molecule has 1 aromatic carbocycles. The first-order valence-electron chi connectivity index (χ1n) is 11.8. The maximum Gasteiger partial charge on any atom is 0.409 e. The van der Waals surface area contributed by atoms with E-state index < -0.39 is 6.09 Å². The Bertz CT molecular complexity index is 1270. The van der Waals surface area contributed by atoms with Crippen molar-refractivity contribution in [1.29, 1.82) is 0 Å². The second-order valence-electron chi connectivity index (χ2n) is 8.57. The molecule has 0 radical (unpaired) electrons. The molecule has 0 spiro atoms. The van der Waals surface area contributed by atoms with Crippen LogP contribution in [0.5, 0.6) is 11.5 Å². The van der Waals surface area contributed by atoms with Gasteiger partial charge in [-0.05, 0) is 24.1 Å². The second-order valence-corrected chi connectivity index (χ2v) is 8.96. The standard InChI is InChI=1S/C24H26ClN7O5/c1-35-24(34)30-8-9-32(21-12-20(25)28-23(29-21)31-7-6-26-14-31)17(13-30)11-22(33)27-5-4-16-2-3-18-19(10-16)37-15-36-18/h2-3,6-7,10,12,14,17H,4-5,8-9,11,13,15H2,1H3,(H,27,33). The number of halogens is 1. The predicted octanol–water partition coefficient (Wildman–Crippen LogP) is 2.05. The molecule has 1 fully saturated rings. The fourth-order valence-corrected chi connectivity index (χ4v) is 4.56. The zero-order valence-corrected chi connectivity index (χ0v) is 20.9. The van der Waals surface area contributed by atoms with Crippen LogP contribution in [0, 0.1) is 0 Å². The van der Waals surface area contributed by atoms with Crippen LogP contribution < -0.4 is 19.7 Å². The predicted molar refractivity (Wildman–Crippen MR) is 133 cm³/mol. The summed E-state index contributed by atoms with van der Waals surface area (Å²) in [4.78, 5) is 41.7. The van der Waals surface area contributed by atoms with Gasteiger partial charge in [0.1, 0.15) is 17.3 Å². The average Bonchev–Trinajstić information content (AvgIpc) is 3.60. The Morgan fingerprint density at radius 2 is 2.05 bits per heavy atom. The zero-order valence-electron chi connectivity index (χ0n) is 20.2. The number of ether oxygens (including phenoxy) is 3. The molecule has 5 rings (SSSR count). The molecule has 1 atom stereocenters. The van der Waals surface area contributed by atoms with Crippen LogP contribution in [0.15, 0.2) is 43.0 Å². The molecule has 1 N–H and O–H groups in total. The Balaban J connectivity index is 1.27. The van der Waals surface area contributed by atoms with Gasteiger partial charge in [-0.1, -0.05) is 17.7 Å². The summed E-state index contributed by atoms with van der Waals surface area (Å²) >= 11 is 6.31. The second kappa shape index (κ2) is 10.9. The number of benzene rings is 1. The summed E-state index contributed by atoms with van der Waals surface area (Å²) in [5, 5.41) is 3.24. The summed E-state index contributed by atoms with van der Waals surface area (Å²) < 4.78 is 17.3. The summed E-state index contributed by atoms with van der Waals surface area (Å²) in [6.45, 7) is 1.83. The number of nitrogens with zero attached hydrogens (tertiary/aromatic N) is 6. The lowest BCUT2D eigenvalue weighted by molar-refractivity contribution is -0.121. The molecule has 1 saturated heterocycles. The third-order valence-corrected chi connectivity index (χ3v) is 6.40. The van der Waals surface area contributed by atoms with Crippen LogP contribution in [0.25, 0.3) is 5.95 Å². The minimum Gasteiger partial charge on any atom is -0.454 e. The highest BCUT2D eigenvalue weighted by molar-refractivity contribution is 6.29. The fourth-order valence-electron chi connectivity index (χ4n) is 4.39. The molecule has 2 amide bonds. The Morgan fingerprint density at radius 1 is 1.19 bits per heavy atom. The minimum absolute atomic E-state index is 0.141. The Hall–Kier alpha value is -4.06. The number of rotatable bonds is 7. The topological polar surface area (TPSA) is 124 Å². The van der Waals surface area contributed by atoms with Gasteiger partial charge in [0, 0.05) is 51.1 Å². The van der Waals surface area contributed by atoms with Gasteiger partial charge in [-0.15, -0.1) is 0 Å². The molecule has 0 aliphatic carbocycles. The van der Waals surface area contributed by atoms with Crippen molar-refractivity contribution in [3.05, 3.63) is 53.7 Å². The summed E-state index contributed by atoms with van der Waals surface area (Å²) in [5.41, 5.74) is 1.03. The summed E-state index contributed by atoms with van der Waals surface area (Å²) in [7, 11) is 1.34. The number of nitrogens with one attached hydrogen (secondary N) is 1. The van der Waals surface area contributed by atoms with Crippen molar-refractivity contribution in [2.24, 2.45) is 0 Å². The maximum absolute atomic E-state index is 12.9. The molecule has 1 unspecified atom stereocenters. The van der Waals surface area contributed by atoms with Gasteiger partial charge in [0.15, 0.2) is 11.5 Å². The number of carbonyl (C=O) groups excluding carboxylic acids is 2. The molecule has 2 aliphatic rings. The lowest BCUT2D eigenvalue weighted by Gasteiger charge is -2.41. The van der Waals surface area contributed by atoms with Crippen molar-refractivity contribution < 1.29 is 23.8 Å². The quantitative estimate of drug-likeness (QED) is 0.460. The van der Waals surface area contributed by atoms with Crippen LogP contribution in [0.3, 0.4) is 0 Å². The Kier molecular flexibility index (Phi) is 7.26. The number of methoxy groups -OCH3 is 1. The number of hydrogen-bond donors (Lipinski definition) is 1.